The number of aromatic nitrogens is 2. The Labute approximate surface area is 177 Å². The zero-order valence-corrected chi connectivity index (χ0v) is 16.8. The number of benzene rings is 2. The van der Waals surface area contributed by atoms with Crippen LogP contribution in [0.1, 0.15) is 17.3 Å². The fourth-order valence-electron chi connectivity index (χ4n) is 2.48. The van der Waals surface area contributed by atoms with Crippen molar-refractivity contribution < 1.29 is 14.3 Å². The third-order valence-electron chi connectivity index (χ3n) is 3.75. The van der Waals surface area contributed by atoms with Gasteiger partial charge >= 0.3 is 6.03 Å². The monoisotopic (exact) mass is 430 g/mol. The van der Waals surface area contributed by atoms with Crippen molar-refractivity contribution in [3.8, 4) is 17.0 Å². The number of nitrogens with zero attached hydrogens (tertiary/aromatic N) is 2. The Kier molecular flexibility index (Phi) is 6.64. The van der Waals surface area contributed by atoms with Crippen molar-refractivity contribution in [1.29, 1.82) is 0 Å². The molecule has 1 aromatic heterocycles. The first kappa shape index (κ1) is 20.6. The number of hydrogen-bond donors (Lipinski definition) is 2. The molecule has 0 spiro atoms. The van der Waals surface area contributed by atoms with Gasteiger partial charge in [0.1, 0.15) is 5.75 Å². The van der Waals surface area contributed by atoms with Crippen LogP contribution in [0.15, 0.2) is 54.9 Å². The number of nitrogens with one attached hydrogen (secondary N) is 2. The molecule has 2 aromatic carbocycles. The lowest BCUT2D eigenvalue weighted by Gasteiger charge is -2.09. The Bertz CT molecular complexity index is 1020. The van der Waals surface area contributed by atoms with Crippen LogP contribution in [0.4, 0.5) is 10.6 Å². The van der Waals surface area contributed by atoms with Gasteiger partial charge in [-0.2, -0.15) is 0 Å². The average Bonchev–Trinajstić information content (AvgIpc) is 2.69. The normalized spacial score (nSPS) is 10.3. The lowest BCUT2D eigenvalue weighted by Crippen LogP contribution is -2.35. The van der Waals surface area contributed by atoms with Gasteiger partial charge in [-0.05, 0) is 31.2 Å². The third-order valence-corrected chi connectivity index (χ3v) is 4.38. The molecule has 0 aliphatic rings. The second-order valence-corrected chi connectivity index (χ2v) is 6.57. The van der Waals surface area contributed by atoms with E-state index in [1.165, 1.54) is 24.5 Å². The zero-order valence-electron chi connectivity index (χ0n) is 15.3. The van der Waals surface area contributed by atoms with E-state index in [0.717, 1.165) is 11.3 Å². The van der Waals surface area contributed by atoms with Gasteiger partial charge in [0.2, 0.25) is 0 Å². The molecule has 0 saturated carbocycles. The predicted octanol–water partition coefficient (Wildman–Crippen LogP) is 4.81. The Hall–Kier alpha value is -3.16. The summed E-state index contributed by atoms with van der Waals surface area (Å²) in [6.45, 7) is 2.47. The van der Waals surface area contributed by atoms with E-state index >= 15 is 0 Å². The highest BCUT2D eigenvalue weighted by atomic mass is 35.5. The SMILES string of the molecule is CCOc1cccc(-c2cnc(NC(=O)NC(=O)c3c(Cl)cccc3Cl)cn2)c1. The van der Waals surface area contributed by atoms with Crippen molar-refractivity contribution >= 4 is 41.0 Å². The quantitative estimate of drug-likeness (QED) is 0.605. The van der Waals surface area contributed by atoms with Crippen molar-refractivity contribution in [1.82, 2.24) is 15.3 Å². The van der Waals surface area contributed by atoms with Crippen LogP contribution in [0.3, 0.4) is 0 Å². The minimum atomic E-state index is -0.786. The first-order valence-corrected chi connectivity index (χ1v) is 9.35. The standard InChI is InChI=1S/C20H16Cl2N4O3/c1-2-29-13-6-3-5-12(9-13)16-10-24-17(11-23-16)25-20(28)26-19(27)18-14(21)7-4-8-15(18)22/h3-11H,2H2,1H3,(H2,24,25,26,27,28). The van der Waals surface area contributed by atoms with Crippen molar-refractivity contribution in [2.24, 2.45) is 0 Å². The zero-order chi connectivity index (χ0) is 20.8. The summed E-state index contributed by atoms with van der Waals surface area (Å²) in [5.41, 5.74) is 1.45. The molecule has 9 heteroatoms. The molecule has 0 saturated heterocycles. The molecule has 7 nitrogen and oxygen atoms in total. The molecule has 0 unspecified atom stereocenters. The molecule has 2 N–H and O–H groups in total. The van der Waals surface area contributed by atoms with Gasteiger partial charge in [0.15, 0.2) is 5.82 Å². The van der Waals surface area contributed by atoms with Crippen LogP contribution in [0.25, 0.3) is 11.3 Å². The highest BCUT2D eigenvalue weighted by Gasteiger charge is 2.17. The van der Waals surface area contributed by atoms with Crippen molar-refractivity contribution in [2.75, 3.05) is 11.9 Å². The Morgan fingerprint density at radius 2 is 1.76 bits per heavy atom. The molecule has 3 aromatic rings. The molecular weight excluding hydrogens is 415 g/mol. The number of hydrogen-bond acceptors (Lipinski definition) is 5. The molecule has 0 atom stereocenters. The Morgan fingerprint density at radius 3 is 2.41 bits per heavy atom. The minimum absolute atomic E-state index is 0.0154. The Morgan fingerprint density at radius 1 is 1.03 bits per heavy atom. The number of carbonyl (C=O) groups excluding carboxylic acids is 2. The molecule has 29 heavy (non-hydrogen) atoms. The molecule has 0 radical (unpaired) electrons. The number of halogens is 2. The van der Waals surface area contributed by atoms with Crippen LogP contribution in [-0.4, -0.2) is 28.5 Å². The van der Waals surface area contributed by atoms with Gasteiger partial charge in [-0.25, -0.2) is 9.78 Å². The number of rotatable bonds is 5. The summed E-state index contributed by atoms with van der Waals surface area (Å²) >= 11 is 11.9. The van der Waals surface area contributed by atoms with Gasteiger partial charge in [-0.15, -0.1) is 0 Å². The maximum atomic E-state index is 12.2. The minimum Gasteiger partial charge on any atom is -0.494 e. The third kappa shape index (κ3) is 5.22. The van der Waals surface area contributed by atoms with Crippen molar-refractivity contribution in [3.63, 3.8) is 0 Å². The van der Waals surface area contributed by atoms with Gasteiger partial charge < -0.3 is 4.74 Å². The van der Waals surface area contributed by atoms with Crippen LogP contribution >= 0.6 is 23.2 Å². The lowest BCUT2D eigenvalue weighted by molar-refractivity contribution is 0.0967. The second-order valence-electron chi connectivity index (χ2n) is 5.75. The van der Waals surface area contributed by atoms with Crippen molar-refractivity contribution in [3.05, 3.63) is 70.5 Å². The molecule has 148 valence electrons. The average molecular weight is 431 g/mol. The van der Waals surface area contributed by atoms with Gasteiger partial charge in [-0.1, -0.05) is 41.4 Å². The van der Waals surface area contributed by atoms with Gasteiger partial charge in [0.25, 0.3) is 5.91 Å². The highest BCUT2D eigenvalue weighted by Crippen LogP contribution is 2.24. The molecule has 3 rings (SSSR count). The number of urea groups is 1. The van der Waals surface area contributed by atoms with E-state index in [-0.39, 0.29) is 21.4 Å². The summed E-state index contributed by atoms with van der Waals surface area (Å²) < 4.78 is 5.47. The molecule has 1 heterocycles. The van der Waals surface area contributed by atoms with Gasteiger partial charge in [0, 0.05) is 5.56 Å². The summed E-state index contributed by atoms with van der Waals surface area (Å²) in [4.78, 5) is 32.7. The van der Waals surface area contributed by atoms with Crippen LogP contribution in [0.2, 0.25) is 10.0 Å². The number of carbonyl (C=O) groups is 2. The maximum Gasteiger partial charge on any atom is 0.327 e. The van der Waals surface area contributed by atoms with E-state index in [1.54, 1.807) is 6.07 Å². The molecule has 0 bridgehead atoms. The molecular formula is C20H16Cl2N4O3. The van der Waals surface area contributed by atoms with Crippen LogP contribution in [0, 0.1) is 0 Å². The van der Waals surface area contributed by atoms with Gasteiger partial charge in [0.05, 0.1) is 40.3 Å². The topological polar surface area (TPSA) is 93.2 Å². The van der Waals surface area contributed by atoms with E-state index in [9.17, 15) is 9.59 Å². The van der Waals surface area contributed by atoms with E-state index < -0.39 is 11.9 Å². The summed E-state index contributed by atoms with van der Waals surface area (Å²) in [5.74, 6) is 0.172. The van der Waals surface area contributed by atoms with E-state index in [2.05, 4.69) is 20.6 Å². The first-order valence-electron chi connectivity index (χ1n) is 8.59. The van der Waals surface area contributed by atoms with Crippen molar-refractivity contribution in [2.45, 2.75) is 6.92 Å². The lowest BCUT2D eigenvalue weighted by atomic mass is 10.1. The Balaban J connectivity index is 1.66. The number of ether oxygens (including phenoxy) is 1. The van der Waals surface area contributed by atoms with E-state index in [0.29, 0.717) is 12.3 Å². The smallest absolute Gasteiger partial charge is 0.327 e. The summed E-state index contributed by atoms with van der Waals surface area (Å²) in [7, 11) is 0. The number of anilines is 1. The van der Waals surface area contributed by atoms with Crippen LogP contribution in [-0.2, 0) is 0 Å². The molecule has 0 fully saturated rings. The molecule has 0 aliphatic carbocycles. The first-order chi connectivity index (χ1) is 14.0. The van der Waals surface area contributed by atoms with Crippen LogP contribution in [0.5, 0.6) is 5.75 Å². The number of imide groups is 1. The summed E-state index contributed by atoms with van der Waals surface area (Å²) in [6.07, 6.45) is 2.89. The maximum absolute atomic E-state index is 12.2. The second kappa shape index (κ2) is 9.36. The van der Waals surface area contributed by atoms with E-state index in [1.807, 2.05) is 31.2 Å². The summed E-state index contributed by atoms with van der Waals surface area (Å²) in [6, 6.07) is 11.2. The largest absolute Gasteiger partial charge is 0.494 e. The number of amides is 3. The van der Waals surface area contributed by atoms with Crippen LogP contribution < -0.4 is 15.4 Å². The highest BCUT2D eigenvalue weighted by molar-refractivity contribution is 6.40. The van der Waals surface area contributed by atoms with Gasteiger partial charge in [-0.3, -0.25) is 20.4 Å². The molecule has 0 aliphatic heterocycles. The summed E-state index contributed by atoms with van der Waals surface area (Å²) in [5, 5.41) is 4.87. The van der Waals surface area contributed by atoms with E-state index in [4.69, 9.17) is 27.9 Å². The fraction of sp³-hybridized carbons (Fsp3) is 0.100. The molecule has 3 amide bonds. The fourth-order valence-corrected chi connectivity index (χ4v) is 3.05. The predicted molar refractivity (Wildman–Crippen MR) is 112 cm³/mol.